The van der Waals surface area contributed by atoms with Crippen molar-refractivity contribution in [3.8, 4) is 11.5 Å². The normalized spacial score (nSPS) is 12.0. The Kier molecular flexibility index (Phi) is 6.44. The lowest BCUT2D eigenvalue weighted by molar-refractivity contribution is 0.258. The van der Waals surface area contributed by atoms with Crippen LogP contribution in [0.1, 0.15) is 20.3 Å². The number of nitrogens with zero attached hydrogens (tertiary/aromatic N) is 1. The van der Waals surface area contributed by atoms with Gasteiger partial charge < -0.3 is 14.6 Å². The molecule has 0 unspecified atom stereocenters. The number of benzene rings is 1. The first-order valence-electron chi connectivity index (χ1n) is 6.73. The summed E-state index contributed by atoms with van der Waals surface area (Å²) in [5, 5.41) is 8.93. The molecule has 1 aromatic carbocycles. The number of rotatable bonds is 8. The highest BCUT2D eigenvalue weighted by Crippen LogP contribution is 2.31. The van der Waals surface area contributed by atoms with Crippen molar-refractivity contribution in [2.45, 2.75) is 31.2 Å². The standard InChI is InChI=1S/C14H23NO5S/c1-11(2)15(8-5-9-16)21(17,18)12-6-7-13(19-3)14(10-12)20-4/h6-7,10-11,16H,5,8-9H2,1-4H3. The number of aliphatic hydroxyl groups excluding tert-OH is 1. The molecule has 0 saturated heterocycles. The van der Waals surface area contributed by atoms with Crippen molar-refractivity contribution >= 4 is 10.0 Å². The Balaban J connectivity index is 3.21. The van der Waals surface area contributed by atoms with E-state index in [1.54, 1.807) is 19.9 Å². The van der Waals surface area contributed by atoms with E-state index in [1.807, 2.05) is 0 Å². The Bertz CT molecular complexity index is 556. The van der Waals surface area contributed by atoms with E-state index >= 15 is 0 Å². The molecule has 0 aliphatic rings. The Labute approximate surface area is 126 Å². The third-order valence-electron chi connectivity index (χ3n) is 3.07. The van der Waals surface area contributed by atoms with Gasteiger partial charge in [-0.1, -0.05) is 0 Å². The van der Waals surface area contributed by atoms with Crippen molar-refractivity contribution in [3.63, 3.8) is 0 Å². The van der Waals surface area contributed by atoms with Crippen molar-refractivity contribution in [2.24, 2.45) is 0 Å². The largest absolute Gasteiger partial charge is 0.493 e. The smallest absolute Gasteiger partial charge is 0.243 e. The van der Waals surface area contributed by atoms with Crippen molar-refractivity contribution < 1.29 is 23.0 Å². The van der Waals surface area contributed by atoms with E-state index in [0.29, 0.717) is 17.9 Å². The molecule has 21 heavy (non-hydrogen) atoms. The van der Waals surface area contributed by atoms with E-state index in [-0.39, 0.29) is 24.1 Å². The van der Waals surface area contributed by atoms with Crippen molar-refractivity contribution in [1.82, 2.24) is 4.31 Å². The highest BCUT2D eigenvalue weighted by Gasteiger charge is 2.27. The van der Waals surface area contributed by atoms with E-state index in [0.717, 1.165) is 0 Å². The van der Waals surface area contributed by atoms with Crippen LogP contribution in [-0.4, -0.2) is 51.2 Å². The lowest BCUT2D eigenvalue weighted by atomic mass is 10.3. The van der Waals surface area contributed by atoms with Crippen LogP contribution in [0.5, 0.6) is 11.5 Å². The summed E-state index contributed by atoms with van der Waals surface area (Å²) in [7, 11) is -0.691. The highest BCUT2D eigenvalue weighted by molar-refractivity contribution is 7.89. The zero-order valence-corrected chi connectivity index (χ0v) is 13.7. The second kappa shape index (κ2) is 7.63. The van der Waals surface area contributed by atoms with E-state index in [4.69, 9.17) is 14.6 Å². The predicted molar refractivity (Wildman–Crippen MR) is 80.3 cm³/mol. The summed E-state index contributed by atoms with van der Waals surface area (Å²) in [6.07, 6.45) is 0.394. The SMILES string of the molecule is COc1ccc(S(=O)(=O)N(CCCO)C(C)C)cc1OC. The summed E-state index contributed by atoms with van der Waals surface area (Å²) in [5.74, 6) is 0.840. The Morgan fingerprint density at radius 2 is 1.81 bits per heavy atom. The van der Waals surface area contributed by atoms with Crippen LogP contribution in [0.25, 0.3) is 0 Å². The first kappa shape index (κ1) is 17.7. The fourth-order valence-electron chi connectivity index (χ4n) is 1.99. The van der Waals surface area contributed by atoms with Gasteiger partial charge in [0.05, 0.1) is 19.1 Å². The van der Waals surface area contributed by atoms with Crippen LogP contribution < -0.4 is 9.47 Å². The minimum absolute atomic E-state index is 0.0509. The van der Waals surface area contributed by atoms with Gasteiger partial charge in [0.25, 0.3) is 0 Å². The minimum Gasteiger partial charge on any atom is -0.493 e. The molecule has 0 fully saturated rings. The number of aliphatic hydroxyl groups is 1. The molecule has 0 atom stereocenters. The van der Waals surface area contributed by atoms with Crippen LogP contribution in [0, 0.1) is 0 Å². The van der Waals surface area contributed by atoms with Crippen molar-refractivity contribution in [1.29, 1.82) is 0 Å². The first-order valence-corrected chi connectivity index (χ1v) is 8.17. The molecule has 0 aromatic heterocycles. The Hall–Kier alpha value is -1.31. The lowest BCUT2D eigenvalue weighted by Crippen LogP contribution is -2.38. The van der Waals surface area contributed by atoms with Gasteiger partial charge >= 0.3 is 0 Å². The second-order valence-electron chi connectivity index (χ2n) is 4.80. The van der Waals surface area contributed by atoms with Gasteiger partial charge in [-0.25, -0.2) is 8.42 Å². The average molecular weight is 317 g/mol. The number of ether oxygens (including phenoxy) is 2. The summed E-state index contributed by atoms with van der Waals surface area (Å²) in [6, 6.07) is 4.30. The van der Waals surface area contributed by atoms with Gasteiger partial charge in [0, 0.05) is 25.3 Å². The second-order valence-corrected chi connectivity index (χ2v) is 6.69. The molecule has 0 aliphatic carbocycles. The van der Waals surface area contributed by atoms with Gasteiger partial charge in [-0.2, -0.15) is 4.31 Å². The zero-order valence-electron chi connectivity index (χ0n) is 12.9. The third kappa shape index (κ3) is 4.09. The van der Waals surface area contributed by atoms with Crippen LogP contribution in [-0.2, 0) is 10.0 Å². The number of sulfonamides is 1. The van der Waals surface area contributed by atoms with Crippen LogP contribution in [0.4, 0.5) is 0 Å². The molecule has 120 valence electrons. The molecular formula is C14H23NO5S. The minimum atomic E-state index is -3.64. The molecule has 7 heteroatoms. The lowest BCUT2D eigenvalue weighted by Gasteiger charge is -2.26. The van der Waals surface area contributed by atoms with Crippen LogP contribution in [0.15, 0.2) is 23.1 Å². The molecule has 0 amide bonds. The molecule has 0 aliphatic heterocycles. The molecule has 0 heterocycles. The molecule has 1 aromatic rings. The average Bonchev–Trinajstić information content (AvgIpc) is 2.46. The van der Waals surface area contributed by atoms with E-state index in [2.05, 4.69) is 0 Å². The van der Waals surface area contributed by atoms with Crippen molar-refractivity contribution in [2.75, 3.05) is 27.4 Å². The fraction of sp³-hybridized carbons (Fsp3) is 0.571. The molecule has 6 nitrogen and oxygen atoms in total. The quantitative estimate of drug-likeness (QED) is 0.786. The van der Waals surface area contributed by atoms with Gasteiger partial charge in [-0.05, 0) is 32.4 Å². The number of hydrogen-bond donors (Lipinski definition) is 1. The highest BCUT2D eigenvalue weighted by atomic mass is 32.2. The molecule has 1 rings (SSSR count). The molecule has 1 N–H and O–H groups in total. The fourth-order valence-corrected chi connectivity index (χ4v) is 3.69. The monoisotopic (exact) mass is 317 g/mol. The summed E-state index contributed by atoms with van der Waals surface area (Å²) < 4.78 is 37.0. The van der Waals surface area contributed by atoms with Crippen LogP contribution >= 0.6 is 0 Å². The maximum Gasteiger partial charge on any atom is 0.243 e. The van der Waals surface area contributed by atoms with Crippen LogP contribution in [0.2, 0.25) is 0 Å². The molecule has 0 radical (unpaired) electrons. The predicted octanol–water partition coefficient (Wildman–Crippen LogP) is 1.49. The maximum absolute atomic E-state index is 12.7. The number of methoxy groups -OCH3 is 2. The zero-order chi connectivity index (χ0) is 16.0. The molecular weight excluding hydrogens is 294 g/mol. The summed E-state index contributed by atoms with van der Waals surface area (Å²) in [5.41, 5.74) is 0. The summed E-state index contributed by atoms with van der Waals surface area (Å²) in [6.45, 7) is 3.82. The van der Waals surface area contributed by atoms with E-state index in [1.165, 1.54) is 30.7 Å². The molecule has 0 spiro atoms. The van der Waals surface area contributed by atoms with Gasteiger partial charge in [-0.15, -0.1) is 0 Å². The maximum atomic E-state index is 12.7. The Morgan fingerprint density at radius 3 is 2.29 bits per heavy atom. The van der Waals surface area contributed by atoms with Gasteiger partial charge in [0.2, 0.25) is 10.0 Å². The Morgan fingerprint density at radius 1 is 1.19 bits per heavy atom. The molecule has 0 saturated carbocycles. The first-order chi connectivity index (χ1) is 9.88. The van der Waals surface area contributed by atoms with Crippen molar-refractivity contribution in [3.05, 3.63) is 18.2 Å². The molecule has 0 bridgehead atoms. The topological polar surface area (TPSA) is 76.1 Å². The van der Waals surface area contributed by atoms with Gasteiger partial charge in [-0.3, -0.25) is 0 Å². The van der Waals surface area contributed by atoms with Crippen LogP contribution in [0.3, 0.4) is 0 Å². The van der Waals surface area contributed by atoms with E-state index < -0.39 is 10.0 Å². The van der Waals surface area contributed by atoms with E-state index in [9.17, 15) is 8.42 Å². The van der Waals surface area contributed by atoms with Gasteiger partial charge in [0.1, 0.15) is 0 Å². The summed E-state index contributed by atoms with van der Waals surface area (Å²) >= 11 is 0. The van der Waals surface area contributed by atoms with Gasteiger partial charge in [0.15, 0.2) is 11.5 Å². The third-order valence-corrected chi connectivity index (χ3v) is 5.15. The summed E-state index contributed by atoms with van der Waals surface area (Å²) in [4.78, 5) is 0.145. The number of hydrogen-bond acceptors (Lipinski definition) is 5.